The van der Waals surface area contributed by atoms with Crippen molar-refractivity contribution in [1.29, 1.82) is 0 Å². The zero-order chi connectivity index (χ0) is 12.5. The van der Waals surface area contributed by atoms with Gasteiger partial charge in [0.2, 0.25) is 5.91 Å². The fourth-order valence-electron chi connectivity index (χ4n) is 2.35. The molecule has 100 valence electrons. The predicted octanol–water partition coefficient (Wildman–Crippen LogP) is 1.83. The van der Waals surface area contributed by atoms with Crippen molar-refractivity contribution in [3.8, 4) is 0 Å². The van der Waals surface area contributed by atoms with Crippen LogP contribution in [0.3, 0.4) is 0 Å². The van der Waals surface area contributed by atoms with Crippen molar-refractivity contribution < 1.29 is 14.3 Å². The van der Waals surface area contributed by atoms with Gasteiger partial charge in [-0.05, 0) is 25.7 Å². The molecule has 0 radical (unpaired) electrons. The van der Waals surface area contributed by atoms with E-state index < -0.39 is 0 Å². The Morgan fingerprint density at radius 2 is 2.18 bits per heavy atom. The van der Waals surface area contributed by atoms with Crippen molar-refractivity contribution in [2.45, 2.75) is 45.1 Å². The topological polar surface area (TPSA) is 38.8 Å². The highest BCUT2D eigenvalue weighted by molar-refractivity contribution is 5.77. The van der Waals surface area contributed by atoms with Crippen LogP contribution in [0.5, 0.6) is 0 Å². The number of methoxy groups -OCH3 is 1. The Bertz CT molecular complexity index is 219. The van der Waals surface area contributed by atoms with E-state index in [4.69, 9.17) is 9.47 Å². The van der Waals surface area contributed by atoms with Crippen molar-refractivity contribution >= 4 is 5.91 Å². The quantitative estimate of drug-likeness (QED) is 0.640. The highest BCUT2D eigenvalue weighted by atomic mass is 16.5. The van der Waals surface area contributed by atoms with Gasteiger partial charge in [0.1, 0.15) is 6.61 Å². The van der Waals surface area contributed by atoms with Gasteiger partial charge < -0.3 is 14.4 Å². The van der Waals surface area contributed by atoms with Crippen molar-refractivity contribution in [3.63, 3.8) is 0 Å². The van der Waals surface area contributed by atoms with Crippen LogP contribution in [0.15, 0.2) is 0 Å². The summed E-state index contributed by atoms with van der Waals surface area (Å²) in [6.07, 6.45) is 5.78. The number of carbonyl (C=O) groups is 1. The molecule has 4 nitrogen and oxygen atoms in total. The monoisotopic (exact) mass is 243 g/mol. The number of piperidine rings is 1. The van der Waals surface area contributed by atoms with Crippen LogP contribution >= 0.6 is 0 Å². The first-order valence-electron chi connectivity index (χ1n) is 6.65. The van der Waals surface area contributed by atoms with Crippen LogP contribution in [-0.4, -0.2) is 50.3 Å². The molecule has 17 heavy (non-hydrogen) atoms. The lowest BCUT2D eigenvalue weighted by Gasteiger charge is -2.35. The van der Waals surface area contributed by atoms with E-state index in [1.54, 1.807) is 7.11 Å². The summed E-state index contributed by atoms with van der Waals surface area (Å²) in [4.78, 5) is 14.0. The summed E-state index contributed by atoms with van der Waals surface area (Å²) in [6.45, 7) is 4.31. The third kappa shape index (κ3) is 5.04. The minimum absolute atomic E-state index is 0.138. The lowest BCUT2D eigenvalue weighted by Crippen LogP contribution is -2.45. The summed E-state index contributed by atoms with van der Waals surface area (Å²) in [5.74, 6) is 0.138. The van der Waals surface area contributed by atoms with Crippen molar-refractivity contribution in [2.24, 2.45) is 0 Å². The van der Waals surface area contributed by atoms with Gasteiger partial charge in [-0.2, -0.15) is 0 Å². The molecule has 4 heteroatoms. The molecular weight excluding hydrogens is 218 g/mol. The highest BCUT2D eigenvalue weighted by Gasteiger charge is 2.25. The minimum atomic E-state index is 0.138. The summed E-state index contributed by atoms with van der Waals surface area (Å²) in [6, 6.07) is 0.437. The van der Waals surface area contributed by atoms with Gasteiger partial charge in [0, 0.05) is 19.7 Å². The minimum Gasteiger partial charge on any atom is -0.382 e. The Morgan fingerprint density at radius 3 is 2.88 bits per heavy atom. The number of rotatable bonds is 7. The maximum Gasteiger partial charge on any atom is 0.248 e. The van der Waals surface area contributed by atoms with Crippen LogP contribution in [0.2, 0.25) is 0 Å². The molecule has 1 amide bonds. The van der Waals surface area contributed by atoms with Gasteiger partial charge in [-0.15, -0.1) is 0 Å². The molecule has 1 saturated heterocycles. The molecule has 1 aliphatic rings. The smallest absolute Gasteiger partial charge is 0.248 e. The standard InChI is InChI=1S/C13H25NO3/c1-3-6-12-7-4-5-8-14(12)13(15)11-17-10-9-16-2/h12H,3-11H2,1-2H3. The fraction of sp³-hybridized carbons (Fsp3) is 0.923. The third-order valence-electron chi connectivity index (χ3n) is 3.23. The molecular formula is C13H25NO3. The summed E-state index contributed by atoms with van der Waals surface area (Å²) in [5.41, 5.74) is 0. The van der Waals surface area contributed by atoms with Gasteiger partial charge in [-0.3, -0.25) is 4.79 Å². The Balaban J connectivity index is 2.31. The van der Waals surface area contributed by atoms with Gasteiger partial charge in [-0.1, -0.05) is 13.3 Å². The first kappa shape index (κ1) is 14.5. The normalized spacial score (nSPS) is 20.6. The molecule has 0 aromatic heterocycles. The van der Waals surface area contributed by atoms with Gasteiger partial charge in [0.05, 0.1) is 13.2 Å². The lowest BCUT2D eigenvalue weighted by atomic mass is 9.98. The first-order chi connectivity index (χ1) is 8.29. The molecule has 0 aromatic rings. The number of hydrogen-bond donors (Lipinski definition) is 0. The van der Waals surface area contributed by atoms with E-state index in [2.05, 4.69) is 6.92 Å². The molecule has 0 bridgehead atoms. The molecule has 0 saturated carbocycles. The summed E-state index contributed by atoms with van der Waals surface area (Å²) < 4.78 is 10.2. The second-order valence-electron chi connectivity index (χ2n) is 4.57. The zero-order valence-corrected chi connectivity index (χ0v) is 11.1. The van der Waals surface area contributed by atoms with Crippen molar-refractivity contribution in [3.05, 3.63) is 0 Å². The van der Waals surface area contributed by atoms with Crippen molar-refractivity contribution in [1.82, 2.24) is 4.90 Å². The molecule has 1 fully saturated rings. The lowest BCUT2D eigenvalue weighted by molar-refractivity contribution is -0.140. The predicted molar refractivity (Wildman–Crippen MR) is 67.0 cm³/mol. The Kier molecular flexibility index (Phi) is 7.21. The van der Waals surface area contributed by atoms with Gasteiger partial charge in [0.15, 0.2) is 0 Å². The zero-order valence-electron chi connectivity index (χ0n) is 11.1. The number of likely N-dealkylation sites (tertiary alicyclic amines) is 1. The highest BCUT2D eigenvalue weighted by Crippen LogP contribution is 2.20. The summed E-state index contributed by atoms with van der Waals surface area (Å²) in [7, 11) is 1.63. The number of ether oxygens (including phenoxy) is 2. The van der Waals surface area contributed by atoms with E-state index in [0.29, 0.717) is 19.3 Å². The van der Waals surface area contributed by atoms with E-state index in [1.165, 1.54) is 6.42 Å². The average molecular weight is 243 g/mol. The van der Waals surface area contributed by atoms with Gasteiger partial charge >= 0.3 is 0 Å². The third-order valence-corrected chi connectivity index (χ3v) is 3.23. The van der Waals surface area contributed by atoms with Crippen LogP contribution in [0.25, 0.3) is 0 Å². The maximum absolute atomic E-state index is 12.0. The second-order valence-corrected chi connectivity index (χ2v) is 4.57. The second kappa shape index (κ2) is 8.48. The molecule has 1 heterocycles. The van der Waals surface area contributed by atoms with E-state index in [-0.39, 0.29) is 12.5 Å². The Hall–Kier alpha value is -0.610. The van der Waals surface area contributed by atoms with Crippen molar-refractivity contribution in [2.75, 3.05) is 33.5 Å². The SMILES string of the molecule is CCCC1CCCCN1C(=O)COCCOC. The van der Waals surface area contributed by atoms with E-state index in [9.17, 15) is 4.79 Å². The Morgan fingerprint density at radius 1 is 1.35 bits per heavy atom. The molecule has 0 aromatic carbocycles. The number of nitrogens with zero attached hydrogens (tertiary/aromatic N) is 1. The van der Waals surface area contributed by atoms with Gasteiger partial charge in [0.25, 0.3) is 0 Å². The maximum atomic E-state index is 12.0. The van der Waals surface area contributed by atoms with Crippen LogP contribution in [0.4, 0.5) is 0 Å². The van der Waals surface area contributed by atoms with Crippen LogP contribution < -0.4 is 0 Å². The summed E-state index contributed by atoms with van der Waals surface area (Å²) in [5, 5.41) is 0. The molecule has 1 atom stereocenters. The van der Waals surface area contributed by atoms with Crippen LogP contribution in [-0.2, 0) is 14.3 Å². The molecule has 0 aliphatic carbocycles. The van der Waals surface area contributed by atoms with E-state index in [0.717, 1.165) is 32.2 Å². The molecule has 0 spiro atoms. The van der Waals surface area contributed by atoms with E-state index >= 15 is 0 Å². The average Bonchev–Trinajstić information content (AvgIpc) is 2.35. The fourth-order valence-corrected chi connectivity index (χ4v) is 2.35. The van der Waals surface area contributed by atoms with Crippen LogP contribution in [0, 0.1) is 0 Å². The first-order valence-corrected chi connectivity index (χ1v) is 6.65. The van der Waals surface area contributed by atoms with E-state index in [1.807, 2.05) is 4.90 Å². The molecule has 1 unspecified atom stereocenters. The molecule has 0 N–H and O–H groups in total. The number of amides is 1. The largest absolute Gasteiger partial charge is 0.382 e. The molecule has 1 aliphatic heterocycles. The molecule has 1 rings (SSSR count). The number of hydrogen-bond acceptors (Lipinski definition) is 3. The number of carbonyl (C=O) groups excluding carboxylic acids is 1. The summed E-state index contributed by atoms with van der Waals surface area (Å²) >= 11 is 0. The Labute approximate surface area is 104 Å². The van der Waals surface area contributed by atoms with Gasteiger partial charge in [-0.25, -0.2) is 0 Å². The van der Waals surface area contributed by atoms with Crippen LogP contribution in [0.1, 0.15) is 39.0 Å².